The number of hydrogen-bond donors (Lipinski definition) is 0. The predicted molar refractivity (Wildman–Crippen MR) is 116 cm³/mol. The smallest absolute Gasteiger partial charge is 0.219 e. The van der Waals surface area contributed by atoms with Crippen molar-refractivity contribution in [3.05, 3.63) is 24.0 Å². The van der Waals surface area contributed by atoms with Gasteiger partial charge in [-0.15, -0.1) is 15.3 Å². The van der Waals surface area contributed by atoms with E-state index in [-0.39, 0.29) is 5.92 Å². The van der Waals surface area contributed by atoms with Crippen molar-refractivity contribution in [3.8, 4) is 17.2 Å². The van der Waals surface area contributed by atoms with Crippen molar-refractivity contribution in [2.45, 2.75) is 39.0 Å². The van der Waals surface area contributed by atoms with Crippen LogP contribution in [0.3, 0.4) is 0 Å². The van der Waals surface area contributed by atoms with Crippen LogP contribution in [-0.2, 0) is 6.42 Å². The summed E-state index contributed by atoms with van der Waals surface area (Å²) in [7, 11) is 4.82. The maximum atomic E-state index is 5.92. The number of piperidine rings is 1. The molecular formula is C22H29N5O4. The third-order valence-corrected chi connectivity index (χ3v) is 5.66. The summed E-state index contributed by atoms with van der Waals surface area (Å²) in [6.45, 7) is 5.92. The normalized spacial score (nSPS) is 15.0. The number of anilines is 1. The molecule has 9 nitrogen and oxygen atoms in total. The first-order chi connectivity index (χ1) is 15.0. The molecule has 1 aromatic carbocycles. The number of benzene rings is 1. The summed E-state index contributed by atoms with van der Waals surface area (Å²) in [4.78, 5) is 2.24. The molecule has 4 rings (SSSR count). The second kappa shape index (κ2) is 8.95. The van der Waals surface area contributed by atoms with Crippen LogP contribution in [0, 0.1) is 5.92 Å². The van der Waals surface area contributed by atoms with Gasteiger partial charge in [-0.05, 0) is 24.8 Å². The lowest BCUT2D eigenvalue weighted by molar-refractivity contribution is 0.327. The van der Waals surface area contributed by atoms with Gasteiger partial charge in [0.05, 0.1) is 32.9 Å². The van der Waals surface area contributed by atoms with Gasteiger partial charge in [-0.25, -0.2) is 0 Å². The maximum Gasteiger partial charge on any atom is 0.219 e. The van der Waals surface area contributed by atoms with E-state index >= 15 is 0 Å². The molecule has 2 aromatic heterocycles. The molecule has 166 valence electrons. The first-order valence-corrected chi connectivity index (χ1v) is 10.6. The van der Waals surface area contributed by atoms with Crippen molar-refractivity contribution in [1.82, 2.24) is 20.4 Å². The van der Waals surface area contributed by atoms with E-state index in [4.69, 9.17) is 18.6 Å². The fourth-order valence-electron chi connectivity index (χ4n) is 4.12. The van der Waals surface area contributed by atoms with Crippen LogP contribution in [0.5, 0.6) is 17.2 Å². The number of fused-ring (bicyclic) bond motifs is 1. The number of ether oxygens (including phenoxy) is 3. The van der Waals surface area contributed by atoms with Gasteiger partial charge in [0.1, 0.15) is 0 Å². The molecule has 9 heteroatoms. The van der Waals surface area contributed by atoms with E-state index in [1.807, 2.05) is 6.07 Å². The van der Waals surface area contributed by atoms with Gasteiger partial charge in [0.25, 0.3) is 0 Å². The second-order valence-electron chi connectivity index (χ2n) is 8.17. The van der Waals surface area contributed by atoms with Crippen molar-refractivity contribution in [2.24, 2.45) is 5.92 Å². The van der Waals surface area contributed by atoms with Crippen molar-refractivity contribution >= 4 is 16.6 Å². The molecule has 0 saturated carbocycles. The number of methoxy groups -OCH3 is 3. The van der Waals surface area contributed by atoms with E-state index in [1.165, 1.54) is 0 Å². The zero-order valence-electron chi connectivity index (χ0n) is 18.7. The minimum Gasteiger partial charge on any atom is -0.493 e. The molecule has 0 aliphatic carbocycles. The van der Waals surface area contributed by atoms with Crippen LogP contribution in [-0.4, -0.2) is 54.8 Å². The van der Waals surface area contributed by atoms with Crippen molar-refractivity contribution in [2.75, 3.05) is 39.3 Å². The SMILES string of the molecule is COc1cc2c(N3CCC(c4nnc(CC(C)C)o4)CC3)nncc2c(OC)c1OC. The molecular weight excluding hydrogens is 398 g/mol. The Morgan fingerprint density at radius 2 is 1.74 bits per heavy atom. The lowest BCUT2D eigenvalue weighted by Gasteiger charge is -2.31. The Morgan fingerprint density at radius 1 is 1.00 bits per heavy atom. The molecule has 0 radical (unpaired) electrons. The van der Waals surface area contributed by atoms with E-state index in [0.717, 1.165) is 60.7 Å². The number of rotatable bonds is 7. The second-order valence-corrected chi connectivity index (χ2v) is 8.17. The maximum absolute atomic E-state index is 5.92. The Bertz CT molecular complexity index is 1040. The van der Waals surface area contributed by atoms with Crippen LogP contribution in [0.1, 0.15) is 44.4 Å². The van der Waals surface area contributed by atoms with Crippen LogP contribution >= 0.6 is 0 Å². The Hall–Kier alpha value is -3.10. The lowest BCUT2D eigenvalue weighted by atomic mass is 9.96. The van der Waals surface area contributed by atoms with Crippen LogP contribution < -0.4 is 19.1 Å². The van der Waals surface area contributed by atoms with Gasteiger partial charge in [-0.3, -0.25) is 0 Å². The molecule has 1 aliphatic heterocycles. The summed E-state index contributed by atoms with van der Waals surface area (Å²) >= 11 is 0. The van der Waals surface area contributed by atoms with Crippen LogP contribution in [0.2, 0.25) is 0 Å². The van der Waals surface area contributed by atoms with Gasteiger partial charge in [0.2, 0.25) is 17.5 Å². The zero-order valence-corrected chi connectivity index (χ0v) is 18.7. The van der Waals surface area contributed by atoms with Crippen LogP contribution in [0.4, 0.5) is 5.82 Å². The highest BCUT2D eigenvalue weighted by Gasteiger charge is 2.28. The summed E-state index contributed by atoms with van der Waals surface area (Å²) in [6, 6.07) is 1.93. The summed E-state index contributed by atoms with van der Waals surface area (Å²) in [5, 5.41) is 18.9. The first kappa shape index (κ1) is 21.1. The molecule has 1 fully saturated rings. The Labute approximate surface area is 181 Å². The highest BCUT2D eigenvalue weighted by molar-refractivity contribution is 5.99. The molecule has 1 saturated heterocycles. The highest BCUT2D eigenvalue weighted by Crippen LogP contribution is 2.45. The van der Waals surface area contributed by atoms with Gasteiger partial charge in [-0.1, -0.05) is 13.8 Å². The Morgan fingerprint density at radius 3 is 2.39 bits per heavy atom. The molecule has 31 heavy (non-hydrogen) atoms. The fourth-order valence-corrected chi connectivity index (χ4v) is 4.12. The third-order valence-electron chi connectivity index (χ3n) is 5.66. The standard InChI is InChI=1S/C22H29N5O4/c1-13(2)10-18-24-26-22(31-18)14-6-8-27(9-7-14)21-15-11-17(28-3)20(30-5)19(29-4)16(15)12-23-25-21/h11-14H,6-10H2,1-5H3. The van der Waals surface area contributed by atoms with Crippen molar-refractivity contribution < 1.29 is 18.6 Å². The van der Waals surface area contributed by atoms with Crippen molar-refractivity contribution in [3.63, 3.8) is 0 Å². The van der Waals surface area contributed by atoms with E-state index in [0.29, 0.717) is 23.2 Å². The summed E-state index contributed by atoms with van der Waals surface area (Å²) in [6.07, 6.45) is 4.32. The van der Waals surface area contributed by atoms with Crippen LogP contribution in [0.25, 0.3) is 10.8 Å². The molecule has 0 amide bonds. The quantitative estimate of drug-likeness (QED) is 0.560. The van der Waals surface area contributed by atoms with E-state index in [2.05, 4.69) is 39.1 Å². The average molecular weight is 428 g/mol. The molecule has 0 bridgehead atoms. The third kappa shape index (κ3) is 4.08. The largest absolute Gasteiger partial charge is 0.493 e. The lowest BCUT2D eigenvalue weighted by Crippen LogP contribution is -2.34. The average Bonchev–Trinajstić information content (AvgIpc) is 3.25. The van der Waals surface area contributed by atoms with Gasteiger partial charge >= 0.3 is 0 Å². The highest BCUT2D eigenvalue weighted by atomic mass is 16.5. The monoisotopic (exact) mass is 427 g/mol. The number of nitrogens with zero attached hydrogens (tertiary/aromatic N) is 5. The van der Waals surface area contributed by atoms with E-state index in [1.54, 1.807) is 27.5 Å². The minimum absolute atomic E-state index is 0.261. The topological polar surface area (TPSA) is 95.6 Å². The minimum atomic E-state index is 0.261. The van der Waals surface area contributed by atoms with E-state index in [9.17, 15) is 0 Å². The molecule has 0 spiro atoms. The zero-order chi connectivity index (χ0) is 22.0. The number of aromatic nitrogens is 4. The predicted octanol–water partition coefficient (Wildman–Crippen LogP) is 3.62. The Balaban J connectivity index is 1.58. The Kier molecular flexibility index (Phi) is 6.11. The molecule has 3 aromatic rings. The van der Waals surface area contributed by atoms with Gasteiger partial charge < -0.3 is 23.5 Å². The van der Waals surface area contributed by atoms with Gasteiger partial charge in [0, 0.05) is 30.8 Å². The van der Waals surface area contributed by atoms with Gasteiger partial charge in [-0.2, -0.15) is 5.10 Å². The molecule has 0 N–H and O–H groups in total. The molecule has 3 heterocycles. The molecule has 0 atom stereocenters. The number of hydrogen-bond acceptors (Lipinski definition) is 9. The molecule has 0 unspecified atom stereocenters. The molecule has 1 aliphatic rings. The fraction of sp³-hybridized carbons (Fsp3) is 0.545. The summed E-state index contributed by atoms with van der Waals surface area (Å²) in [5.74, 6) is 4.76. The van der Waals surface area contributed by atoms with E-state index < -0.39 is 0 Å². The van der Waals surface area contributed by atoms with Gasteiger partial charge in [0.15, 0.2) is 17.3 Å². The van der Waals surface area contributed by atoms with Crippen LogP contribution in [0.15, 0.2) is 16.7 Å². The van der Waals surface area contributed by atoms with Crippen molar-refractivity contribution in [1.29, 1.82) is 0 Å². The first-order valence-electron chi connectivity index (χ1n) is 10.6. The summed E-state index contributed by atoms with van der Waals surface area (Å²) in [5.41, 5.74) is 0. The summed E-state index contributed by atoms with van der Waals surface area (Å²) < 4.78 is 22.6.